The van der Waals surface area contributed by atoms with E-state index in [9.17, 15) is 5.11 Å². The second kappa shape index (κ2) is 8.74. The van der Waals surface area contributed by atoms with Gasteiger partial charge in [-0.1, -0.05) is 18.2 Å². The number of H-pyrrole nitrogens is 1. The van der Waals surface area contributed by atoms with Gasteiger partial charge in [-0.25, -0.2) is 9.97 Å². The van der Waals surface area contributed by atoms with E-state index in [-0.39, 0.29) is 5.88 Å². The molecular weight excluding hydrogens is 436 g/mol. The van der Waals surface area contributed by atoms with Gasteiger partial charge in [0, 0.05) is 46.7 Å². The van der Waals surface area contributed by atoms with E-state index in [2.05, 4.69) is 58.3 Å². The Morgan fingerprint density at radius 2 is 1.86 bits per heavy atom. The Labute approximate surface area is 204 Å². The minimum absolute atomic E-state index is 0.184. The van der Waals surface area contributed by atoms with Gasteiger partial charge in [-0.05, 0) is 75.5 Å². The molecule has 1 fully saturated rings. The maximum absolute atomic E-state index is 9.92. The summed E-state index contributed by atoms with van der Waals surface area (Å²) in [6.45, 7) is 6.91. The Hall–Kier alpha value is -3.84. The SMILES string of the molecule is CC(C)N1CCC(c2ccc(Nc3ncc(-c4ccc5c(O)[nH]cc5c4)n4ccnc34)cc2)CC1. The summed E-state index contributed by atoms with van der Waals surface area (Å²) >= 11 is 0. The highest BCUT2D eigenvalue weighted by molar-refractivity contribution is 5.91. The lowest BCUT2D eigenvalue weighted by Crippen LogP contribution is -2.37. The number of fused-ring (bicyclic) bond motifs is 2. The van der Waals surface area contributed by atoms with Crippen molar-refractivity contribution in [2.24, 2.45) is 0 Å². The van der Waals surface area contributed by atoms with Crippen molar-refractivity contribution in [3.05, 3.63) is 72.8 Å². The van der Waals surface area contributed by atoms with Gasteiger partial charge in [-0.15, -0.1) is 0 Å². The van der Waals surface area contributed by atoms with Crippen LogP contribution in [0.3, 0.4) is 0 Å². The topological polar surface area (TPSA) is 81.5 Å². The second-order valence-corrected chi connectivity index (χ2v) is 9.70. The number of anilines is 2. The number of nitrogens with one attached hydrogen (secondary N) is 2. The molecular formula is C28H30N6O. The number of piperidine rings is 1. The smallest absolute Gasteiger partial charge is 0.196 e. The first-order chi connectivity index (χ1) is 17.1. The van der Waals surface area contributed by atoms with Crippen molar-refractivity contribution in [2.45, 2.75) is 38.6 Å². The molecule has 0 unspecified atom stereocenters. The number of hydrogen-bond acceptors (Lipinski definition) is 5. The molecule has 0 aliphatic carbocycles. The van der Waals surface area contributed by atoms with Gasteiger partial charge in [0.1, 0.15) is 0 Å². The maximum Gasteiger partial charge on any atom is 0.196 e. The van der Waals surface area contributed by atoms with Crippen LogP contribution in [0, 0.1) is 0 Å². The molecule has 35 heavy (non-hydrogen) atoms. The number of aromatic hydroxyl groups is 1. The van der Waals surface area contributed by atoms with Crippen LogP contribution in [0.5, 0.6) is 5.88 Å². The van der Waals surface area contributed by atoms with Crippen LogP contribution >= 0.6 is 0 Å². The molecule has 3 N–H and O–H groups in total. The summed E-state index contributed by atoms with van der Waals surface area (Å²) in [5.74, 6) is 1.54. The van der Waals surface area contributed by atoms with Crippen LogP contribution in [0.25, 0.3) is 27.7 Å². The third-order valence-corrected chi connectivity index (χ3v) is 7.30. The van der Waals surface area contributed by atoms with E-state index in [0.29, 0.717) is 12.0 Å². The molecule has 3 aromatic heterocycles. The van der Waals surface area contributed by atoms with E-state index >= 15 is 0 Å². The molecule has 0 radical (unpaired) electrons. The summed E-state index contributed by atoms with van der Waals surface area (Å²) in [4.78, 5) is 14.7. The third kappa shape index (κ3) is 4.02. The molecule has 0 saturated carbocycles. The molecule has 1 saturated heterocycles. The van der Waals surface area contributed by atoms with E-state index in [1.54, 1.807) is 12.4 Å². The zero-order valence-electron chi connectivity index (χ0n) is 20.1. The molecule has 4 heterocycles. The summed E-state index contributed by atoms with van der Waals surface area (Å²) in [7, 11) is 0. The highest BCUT2D eigenvalue weighted by Crippen LogP contribution is 2.32. The molecule has 0 spiro atoms. The lowest BCUT2D eigenvalue weighted by atomic mass is 9.89. The molecule has 5 aromatic rings. The quantitative estimate of drug-likeness (QED) is 0.300. The Balaban J connectivity index is 1.23. The molecule has 7 nitrogen and oxygen atoms in total. The molecule has 0 bridgehead atoms. The predicted molar refractivity (Wildman–Crippen MR) is 140 cm³/mol. The predicted octanol–water partition coefficient (Wildman–Crippen LogP) is 5.91. The molecule has 6 rings (SSSR count). The van der Waals surface area contributed by atoms with Crippen molar-refractivity contribution in [3.8, 4) is 17.1 Å². The normalized spacial score (nSPS) is 15.4. The maximum atomic E-state index is 9.92. The lowest BCUT2D eigenvalue weighted by Gasteiger charge is -2.34. The largest absolute Gasteiger partial charge is 0.494 e. The van der Waals surface area contributed by atoms with Crippen molar-refractivity contribution >= 4 is 27.9 Å². The molecule has 1 aliphatic heterocycles. The van der Waals surface area contributed by atoms with Gasteiger partial charge in [0.05, 0.1) is 11.9 Å². The monoisotopic (exact) mass is 466 g/mol. The number of benzene rings is 2. The van der Waals surface area contributed by atoms with Gasteiger partial charge < -0.3 is 20.3 Å². The number of hydrogen-bond donors (Lipinski definition) is 3. The molecule has 1 aliphatic rings. The summed E-state index contributed by atoms with van der Waals surface area (Å²) < 4.78 is 2.04. The molecule has 2 aromatic carbocycles. The number of nitrogens with zero attached hydrogens (tertiary/aromatic N) is 4. The number of aromatic nitrogens is 4. The van der Waals surface area contributed by atoms with E-state index in [4.69, 9.17) is 4.98 Å². The Kier molecular flexibility index (Phi) is 5.41. The third-order valence-electron chi connectivity index (χ3n) is 7.30. The van der Waals surface area contributed by atoms with Crippen molar-refractivity contribution in [1.29, 1.82) is 0 Å². The minimum atomic E-state index is 0.184. The highest BCUT2D eigenvalue weighted by Gasteiger charge is 2.22. The van der Waals surface area contributed by atoms with Crippen LogP contribution in [0.4, 0.5) is 11.5 Å². The standard InChI is InChI=1S/C28H30N6O/c1-18(2)33-12-9-20(10-13-33)19-3-6-23(7-4-19)32-26-27-29-11-14-34(27)25(17-30-26)21-5-8-24-22(15-21)16-31-28(24)35/h3-8,11,14-18,20,31,35H,9-10,12-13H2,1-2H3,(H,30,32). The van der Waals surface area contributed by atoms with Crippen molar-refractivity contribution in [3.63, 3.8) is 0 Å². The second-order valence-electron chi connectivity index (χ2n) is 9.70. The number of aromatic amines is 1. The number of likely N-dealkylation sites (tertiary alicyclic amines) is 1. The average Bonchev–Trinajstić information content (AvgIpc) is 3.52. The highest BCUT2D eigenvalue weighted by atomic mass is 16.3. The van der Waals surface area contributed by atoms with Crippen LogP contribution < -0.4 is 5.32 Å². The lowest BCUT2D eigenvalue weighted by molar-refractivity contribution is 0.172. The summed E-state index contributed by atoms with van der Waals surface area (Å²) in [6, 6.07) is 15.4. The van der Waals surface area contributed by atoms with Gasteiger partial charge >= 0.3 is 0 Å². The van der Waals surface area contributed by atoms with E-state index < -0.39 is 0 Å². The Bertz CT molecular complexity index is 1470. The average molecular weight is 467 g/mol. The summed E-state index contributed by atoms with van der Waals surface area (Å²) in [6.07, 6.45) is 9.84. The zero-order chi connectivity index (χ0) is 23.9. The van der Waals surface area contributed by atoms with Crippen molar-refractivity contribution in [2.75, 3.05) is 18.4 Å². The molecule has 7 heteroatoms. The fraction of sp³-hybridized carbons (Fsp3) is 0.286. The van der Waals surface area contributed by atoms with Crippen LogP contribution in [-0.2, 0) is 0 Å². The van der Waals surface area contributed by atoms with Crippen molar-refractivity contribution < 1.29 is 5.11 Å². The van der Waals surface area contributed by atoms with E-state index in [1.807, 2.05) is 35.0 Å². The Morgan fingerprint density at radius 3 is 2.63 bits per heavy atom. The van der Waals surface area contributed by atoms with Crippen LogP contribution in [0.1, 0.15) is 38.2 Å². The number of rotatable bonds is 5. The van der Waals surface area contributed by atoms with Gasteiger partial charge in [0.2, 0.25) is 0 Å². The number of imidazole rings is 1. The summed E-state index contributed by atoms with van der Waals surface area (Å²) in [5.41, 5.74) is 5.13. The van der Waals surface area contributed by atoms with Crippen LogP contribution in [0.2, 0.25) is 0 Å². The van der Waals surface area contributed by atoms with Gasteiger partial charge in [-0.3, -0.25) is 4.40 Å². The Morgan fingerprint density at radius 1 is 1.06 bits per heavy atom. The van der Waals surface area contributed by atoms with Gasteiger partial charge in [0.25, 0.3) is 0 Å². The van der Waals surface area contributed by atoms with Crippen LogP contribution in [-0.4, -0.2) is 48.5 Å². The fourth-order valence-electron chi connectivity index (χ4n) is 5.23. The van der Waals surface area contributed by atoms with Gasteiger partial charge in [0.15, 0.2) is 17.3 Å². The first kappa shape index (κ1) is 21.7. The van der Waals surface area contributed by atoms with E-state index in [1.165, 1.54) is 31.5 Å². The fourth-order valence-corrected chi connectivity index (χ4v) is 5.23. The van der Waals surface area contributed by atoms with E-state index in [0.717, 1.165) is 39.2 Å². The molecule has 178 valence electrons. The minimum Gasteiger partial charge on any atom is -0.494 e. The van der Waals surface area contributed by atoms with Crippen molar-refractivity contribution in [1.82, 2.24) is 24.3 Å². The molecule has 0 atom stereocenters. The molecule has 0 amide bonds. The first-order valence-corrected chi connectivity index (χ1v) is 12.3. The van der Waals surface area contributed by atoms with Crippen LogP contribution in [0.15, 0.2) is 67.3 Å². The van der Waals surface area contributed by atoms with Gasteiger partial charge in [-0.2, -0.15) is 0 Å². The summed E-state index contributed by atoms with van der Waals surface area (Å²) in [5, 5.41) is 15.1. The zero-order valence-corrected chi connectivity index (χ0v) is 20.1. The first-order valence-electron chi connectivity index (χ1n) is 12.3.